The third-order valence-electron chi connectivity index (χ3n) is 3.74. The molecule has 2 aromatic carbocycles. The molecular formula is C19H14N4. The first-order chi connectivity index (χ1) is 11.3. The molecule has 0 atom stereocenters. The Labute approximate surface area is 133 Å². The molecule has 0 spiro atoms. The minimum atomic E-state index is 0.534. The van der Waals surface area contributed by atoms with Gasteiger partial charge in [-0.1, -0.05) is 54.1 Å². The summed E-state index contributed by atoms with van der Waals surface area (Å²) >= 11 is 0. The third-order valence-corrected chi connectivity index (χ3v) is 3.74. The van der Waals surface area contributed by atoms with Crippen molar-refractivity contribution in [1.29, 1.82) is 0 Å². The quantitative estimate of drug-likeness (QED) is 0.560. The van der Waals surface area contributed by atoms with E-state index in [2.05, 4.69) is 39.2 Å². The van der Waals surface area contributed by atoms with E-state index in [0.29, 0.717) is 5.82 Å². The van der Waals surface area contributed by atoms with Crippen LogP contribution in [-0.2, 0) is 0 Å². The molecule has 23 heavy (non-hydrogen) atoms. The summed E-state index contributed by atoms with van der Waals surface area (Å²) in [4.78, 5) is 9.01. The molecule has 4 nitrogen and oxygen atoms in total. The summed E-state index contributed by atoms with van der Waals surface area (Å²) in [5.41, 5.74) is 4.64. The average Bonchev–Trinajstić information content (AvgIpc) is 2.62. The van der Waals surface area contributed by atoms with E-state index in [-0.39, 0.29) is 0 Å². The van der Waals surface area contributed by atoms with Crippen LogP contribution >= 0.6 is 0 Å². The second-order valence-electron chi connectivity index (χ2n) is 5.42. The van der Waals surface area contributed by atoms with Gasteiger partial charge in [-0.2, -0.15) is 0 Å². The SMILES string of the molecule is Cc1ccc(-c2cnc(-c3ccc4ccccc4n3)nn2)cc1. The first-order valence-electron chi connectivity index (χ1n) is 7.42. The maximum absolute atomic E-state index is 4.59. The van der Waals surface area contributed by atoms with Gasteiger partial charge >= 0.3 is 0 Å². The van der Waals surface area contributed by atoms with Crippen LogP contribution in [0.3, 0.4) is 0 Å². The van der Waals surface area contributed by atoms with Crippen molar-refractivity contribution in [2.75, 3.05) is 0 Å². The van der Waals surface area contributed by atoms with Crippen LogP contribution in [0.25, 0.3) is 33.7 Å². The Morgan fingerprint density at radius 3 is 2.35 bits per heavy atom. The molecule has 4 heteroatoms. The molecule has 0 N–H and O–H groups in total. The minimum absolute atomic E-state index is 0.534. The summed E-state index contributed by atoms with van der Waals surface area (Å²) in [5.74, 6) is 0.534. The number of benzene rings is 2. The monoisotopic (exact) mass is 298 g/mol. The van der Waals surface area contributed by atoms with Gasteiger partial charge < -0.3 is 0 Å². The second-order valence-corrected chi connectivity index (χ2v) is 5.42. The van der Waals surface area contributed by atoms with Crippen molar-refractivity contribution >= 4 is 10.9 Å². The summed E-state index contributed by atoms with van der Waals surface area (Å²) in [6, 6.07) is 20.1. The standard InChI is InChI=1S/C19H14N4/c1-13-6-8-15(9-7-13)18-12-20-19(23-22-18)17-11-10-14-4-2-3-5-16(14)21-17/h2-12H,1H3. The van der Waals surface area contributed by atoms with Crippen LogP contribution < -0.4 is 0 Å². The molecule has 0 aliphatic carbocycles. The molecule has 0 fully saturated rings. The fraction of sp³-hybridized carbons (Fsp3) is 0.0526. The van der Waals surface area contributed by atoms with E-state index in [0.717, 1.165) is 27.9 Å². The van der Waals surface area contributed by atoms with Gasteiger partial charge in [0.1, 0.15) is 11.4 Å². The summed E-state index contributed by atoms with van der Waals surface area (Å²) in [6.07, 6.45) is 1.74. The average molecular weight is 298 g/mol. The second kappa shape index (κ2) is 5.57. The van der Waals surface area contributed by atoms with Crippen molar-refractivity contribution in [3.63, 3.8) is 0 Å². The molecule has 0 radical (unpaired) electrons. The van der Waals surface area contributed by atoms with E-state index in [1.807, 2.05) is 48.5 Å². The number of rotatable bonds is 2. The Morgan fingerprint density at radius 1 is 0.739 bits per heavy atom. The van der Waals surface area contributed by atoms with Crippen molar-refractivity contribution in [2.24, 2.45) is 0 Å². The molecule has 0 aliphatic heterocycles. The molecule has 0 saturated heterocycles. The number of para-hydroxylation sites is 1. The smallest absolute Gasteiger partial charge is 0.200 e. The number of aromatic nitrogens is 4. The van der Waals surface area contributed by atoms with E-state index in [1.165, 1.54) is 5.56 Å². The Morgan fingerprint density at radius 2 is 1.57 bits per heavy atom. The topological polar surface area (TPSA) is 51.6 Å². The van der Waals surface area contributed by atoms with E-state index in [4.69, 9.17) is 0 Å². The van der Waals surface area contributed by atoms with Crippen molar-refractivity contribution in [2.45, 2.75) is 6.92 Å². The van der Waals surface area contributed by atoms with Crippen LogP contribution in [0.15, 0.2) is 66.9 Å². The van der Waals surface area contributed by atoms with E-state index >= 15 is 0 Å². The van der Waals surface area contributed by atoms with Gasteiger partial charge in [-0.05, 0) is 19.1 Å². The van der Waals surface area contributed by atoms with Crippen LogP contribution in [0.1, 0.15) is 5.56 Å². The zero-order valence-electron chi connectivity index (χ0n) is 12.6. The van der Waals surface area contributed by atoms with Crippen LogP contribution in [-0.4, -0.2) is 20.2 Å². The molecule has 2 heterocycles. The zero-order valence-corrected chi connectivity index (χ0v) is 12.6. The molecular weight excluding hydrogens is 284 g/mol. The van der Waals surface area contributed by atoms with E-state index < -0.39 is 0 Å². The predicted octanol–water partition coefficient (Wildman–Crippen LogP) is 4.06. The number of fused-ring (bicyclic) bond motifs is 1. The fourth-order valence-electron chi connectivity index (χ4n) is 2.44. The van der Waals surface area contributed by atoms with Gasteiger partial charge in [0.15, 0.2) is 5.82 Å². The summed E-state index contributed by atoms with van der Waals surface area (Å²) < 4.78 is 0. The number of hydrogen-bond donors (Lipinski definition) is 0. The van der Waals surface area contributed by atoms with Gasteiger partial charge in [0.05, 0.1) is 11.7 Å². The van der Waals surface area contributed by atoms with Crippen molar-refractivity contribution < 1.29 is 0 Å². The Hall–Kier alpha value is -3.14. The third kappa shape index (κ3) is 2.66. The molecule has 0 unspecified atom stereocenters. The largest absolute Gasteiger partial charge is 0.244 e. The summed E-state index contributed by atoms with van der Waals surface area (Å²) in [5, 5.41) is 9.61. The normalized spacial score (nSPS) is 10.8. The molecule has 4 rings (SSSR count). The lowest BCUT2D eigenvalue weighted by Crippen LogP contribution is -1.96. The van der Waals surface area contributed by atoms with Gasteiger partial charge in [0, 0.05) is 10.9 Å². The lowest BCUT2D eigenvalue weighted by molar-refractivity contribution is 0.979. The Bertz CT molecular complexity index is 960. The number of hydrogen-bond acceptors (Lipinski definition) is 4. The van der Waals surface area contributed by atoms with Gasteiger partial charge in [0.2, 0.25) is 0 Å². The maximum Gasteiger partial charge on any atom is 0.200 e. The maximum atomic E-state index is 4.59. The molecule has 0 bridgehead atoms. The van der Waals surface area contributed by atoms with Gasteiger partial charge in [-0.3, -0.25) is 0 Å². The molecule has 110 valence electrons. The molecule has 0 aliphatic rings. The first-order valence-corrected chi connectivity index (χ1v) is 7.42. The fourth-order valence-corrected chi connectivity index (χ4v) is 2.44. The summed E-state index contributed by atoms with van der Waals surface area (Å²) in [6.45, 7) is 2.06. The van der Waals surface area contributed by atoms with Crippen LogP contribution in [0.4, 0.5) is 0 Å². The highest BCUT2D eigenvalue weighted by molar-refractivity contribution is 5.80. The van der Waals surface area contributed by atoms with Crippen molar-refractivity contribution in [3.8, 4) is 22.8 Å². The molecule has 2 aromatic heterocycles. The van der Waals surface area contributed by atoms with E-state index in [9.17, 15) is 0 Å². The van der Waals surface area contributed by atoms with Crippen LogP contribution in [0, 0.1) is 6.92 Å². The summed E-state index contributed by atoms with van der Waals surface area (Å²) in [7, 11) is 0. The van der Waals surface area contributed by atoms with Crippen LogP contribution in [0.5, 0.6) is 0 Å². The molecule has 4 aromatic rings. The highest BCUT2D eigenvalue weighted by Gasteiger charge is 2.07. The Balaban J connectivity index is 1.70. The van der Waals surface area contributed by atoms with Gasteiger partial charge in [-0.25, -0.2) is 9.97 Å². The lowest BCUT2D eigenvalue weighted by Gasteiger charge is -2.03. The van der Waals surface area contributed by atoms with Crippen molar-refractivity contribution in [1.82, 2.24) is 20.2 Å². The van der Waals surface area contributed by atoms with Crippen molar-refractivity contribution in [3.05, 3.63) is 72.4 Å². The predicted molar refractivity (Wildman–Crippen MR) is 90.7 cm³/mol. The zero-order chi connectivity index (χ0) is 15.6. The number of aryl methyl sites for hydroxylation is 1. The number of nitrogens with zero attached hydrogens (tertiary/aromatic N) is 4. The molecule has 0 saturated carbocycles. The molecule has 0 amide bonds. The number of pyridine rings is 1. The van der Waals surface area contributed by atoms with Crippen LogP contribution in [0.2, 0.25) is 0 Å². The van der Waals surface area contributed by atoms with Gasteiger partial charge in [-0.15, -0.1) is 10.2 Å². The first kappa shape index (κ1) is 13.5. The highest BCUT2D eigenvalue weighted by Crippen LogP contribution is 2.20. The van der Waals surface area contributed by atoms with Gasteiger partial charge in [0.25, 0.3) is 0 Å². The minimum Gasteiger partial charge on any atom is -0.244 e. The Kier molecular flexibility index (Phi) is 3.27. The highest BCUT2D eigenvalue weighted by atomic mass is 15.2. The lowest BCUT2D eigenvalue weighted by atomic mass is 10.1. The van der Waals surface area contributed by atoms with E-state index in [1.54, 1.807) is 6.20 Å².